The molecule has 0 saturated carbocycles. The number of urea groups is 1. The fourth-order valence-corrected chi connectivity index (χ4v) is 4.13. The molecule has 0 unspecified atom stereocenters. The maximum atomic E-state index is 12.8. The van der Waals surface area contributed by atoms with Crippen molar-refractivity contribution < 1.29 is 4.79 Å². The minimum absolute atomic E-state index is 0.0930. The summed E-state index contributed by atoms with van der Waals surface area (Å²) in [7, 11) is 1.82. The number of rotatable bonds is 4. The van der Waals surface area contributed by atoms with Crippen LogP contribution >= 0.6 is 0 Å². The number of carbonyl (C=O) groups is 1. The Labute approximate surface area is 185 Å². The first-order valence-corrected chi connectivity index (χ1v) is 10.4. The lowest BCUT2D eigenvalue weighted by molar-refractivity contribution is 0.186. The predicted octanol–water partition coefficient (Wildman–Crippen LogP) is 4.08. The summed E-state index contributed by atoms with van der Waals surface area (Å²) >= 11 is 0. The highest BCUT2D eigenvalue weighted by Gasteiger charge is 2.28. The number of nitrogen functional groups attached to an aromatic ring is 1. The topological polar surface area (TPSA) is 113 Å². The molecule has 1 atom stereocenters. The molecular formula is C24H23N7O. The van der Waals surface area contributed by atoms with Crippen LogP contribution in [0.15, 0.2) is 60.7 Å². The average molecular weight is 425 g/mol. The Kier molecular flexibility index (Phi) is 4.62. The molecule has 0 radical (unpaired) electrons. The van der Waals surface area contributed by atoms with Crippen LogP contribution in [0.3, 0.4) is 0 Å². The number of carbonyl (C=O) groups excluding carboxylic acids is 1. The minimum atomic E-state index is -0.162. The number of hydrogen-bond donors (Lipinski definition) is 3. The number of fused-ring (bicyclic) bond motifs is 2. The highest BCUT2D eigenvalue weighted by Crippen LogP contribution is 2.33. The summed E-state index contributed by atoms with van der Waals surface area (Å²) in [5.41, 5.74) is 12.7. The Morgan fingerprint density at radius 2 is 1.94 bits per heavy atom. The normalized spacial score (nSPS) is 14.2. The minimum Gasteiger partial charge on any atom is -0.398 e. The first-order chi connectivity index (χ1) is 15.4. The Morgan fingerprint density at radius 3 is 2.72 bits per heavy atom. The van der Waals surface area contributed by atoms with Crippen molar-refractivity contribution in [2.75, 3.05) is 11.1 Å². The number of nitrogens with one attached hydrogen (secondary N) is 2. The molecule has 8 nitrogen and oxygen atoms in total. The first kappa shape index (κ1) is 19.7. The van der Waals surface area contributed by atoms with Crippen molar-refractivity contribution in [3.63, 3.8) is 0 Å². The fourth-order valence-electron chi connectivity index (χ4n) is 4.13. The molecule has 3 aromatic carbocycles. The maximum Gasteiger partial charge on any atom is 0.322 e. The van der Waals surface area contributed by atoms with Crippen LogP contribution in [-0.4, -0.2) is 31.6 Å². The molecule has 1 aromatic heterocycles. The van der Waals surface area contributed by atoms with Gasteiger partial charge < -0.3 is 16.0 Å². The van der Waals surface area contributed by atoms with E-state index in [1.54, 1.807) is 15.6 Å². The van der Waals surface area contributed by atoms with E-state index >= 15 is 0 Å². The molecule has 0 fully saturated rings. The SMILES string of the molecule is C[C@H](c1ccccc1)N1Cc2cc(C(=N)c3ccc4nnn(C)c4c3)c(N)cc2NC1=O. The lowest BCUT2D eigenvalue weighted by atomic mass is 9.96. The van der Waals surface area contributed by atoms with E-state index in [-0.39, 0.29) is 12.1 Å². The van der Waals surface area contributed by atoms with Gasteiger partial charge in [0.2, 0.25) is 0 Å². The number of nitrogens with zero attached hydrogens (tertiary/aromatic N) is 4. The lowest BCUT2D eigenvalue weighted by Crippen LogP contribution is -2.40. The van der Waals surface area contributed by atoms with Crippen molar-refractivity contribution in [3.05, 3.63) is 82.9 Å². The molecule has 2 amide bonds. The summed E-state index contributed by atoms with van der Waals surface area (Å²) in [4.78, 5) is 14.6. The van der Waals surface area contributed by atoms with Gasteiger partial charge >= 0.3 is 6.03 Å². The van der Waals surface area contributed by atoms with Gasteiger partial charge in [-0.25, -0.2) is 9.48 Å². The van der Waals surface area contributed by atoms with Gasteiger partial charge in [0.15, 0.2) is 0 Å². The van der Waals surface area contributed by atoms with Crippen molar-refractivity contribution in [1.29, 1.82) is 5.41 Å². The summed E-state index contributed by atoms with van der Waals surface area (Å²) in [5.74, 6) is 0. The molecule has 4 aromatic rings. The number of aryl methyl sites for hydroxylation is 1. The monoisotopic (exact) mass is 425 g/mol. The molecule has 1 aliphatic rings. The molecule has 0 bridgehead atoms. The number of anilines is 2. The van der Waals surface area contributed by atoms with Crippen molar-refractivity contribution in [3.8, 4) is 0 Å². The van der Waals surface area contributed by atoms with Crippen molar-refractivity contribution in [2.24, 2.45) is 7.05 Å². The summed E-state index contributed by atoms with van der Waals surface area (Å²) < 4.78 is 1.68. The van der Waals surface area contributed by atoms with E-state index in [1.165, 1.54) is 0 Å². The van der Waals surface area contributed by atoms with Gasteiger partial charge in [-0.2, -0.15) is 0 Å². The molecule has 32 heavy (non-hydrogen) atoms. The average Bonchev–Trinajstić information content (AvgIpc) is 3.18. The zero-order valence-electron chi connectivity index (χ0n) is 17.8. The predicted molar refractivity (Wildman–Crippen MR) is 125 cm³/mol. The van der Waals surface area contributed by atoms with Crippen molar-refractivity contribution in [2.45, 2.75) is 19.5 Å². The van der Waals surface area contributed by atoms with Crippen LogP contribution in [0.2, 0.25) is 0 Å². The Hall–Kier alpha value is -4.20. The number of hydrogen-bond acceptors (Lipinski definition) is 5. The summed E-state index contributed by atoms with van der Waals surface area (Å²) in [5, 5.41) is 19.9. The van der Waals surface area contributed by atoms with E-state index in [0.717, 1.165) is 27.7 Å². The number of benzene rings is 3. The van der Waals surface area contributed by atoms with Gasteiger partial charge in [0.05, 0.1) is 23.8 Å². The maximum absolute atomic E-state index is 12.8. The molecule has 160 valence electrons. The second kappa shape index (κ2) is 7.49. The van der Waals surface area contributed by atoms with Crippen LogP contribution in [0.4, 0.5) is 16.2 Å². The fraction of sp³-hybridized carbons (Fsp3) is 0.167. The third-order valence-corrected chi connectivity index (χ3v) is 6.04. The molecule has 1 aliphatic heterocycles. The molecule has 5 rings (SSSR count). The van der Waals surface area contributed by atoms with Gasteiger partial charge in [-0.1, -0.05) is 41.6 Å². The van der Waals surface area contributed by atoms with Gasteiger partial charge in [0.1, 0.15) is 5.52 Å². The molecule has 8 heteroatoms. The van der Waals surface area contributed by atoms with E-state index < -0.39 is 0 Å². The highest BCUT2D eigenvalue weighted by atomic mass is 16.2. The van der Waals surface area contributed by atoms with Crippen LogP contribution in [0, 0.1) is 5.41 Å². The number of aromatic nitrogens is 3. The molecule has 0 spiro atoms. The number of amides is 2. The van der Waals surface area contributed by atoms with E-state index in [9.17, 15) is 4.79 Å². The van der Waals surface area contributed by atoms with E-state index in [4.69, 9.17) is 11.1 Å². The van der Waals surface area contributed by atoms with Crippen LogP contribution in [0.5, 0.6) is 0 Å². The second-order valence-corrected chi connectivity index (χ2v) is 8.03. The van der Waals surface area contributed by atoms with Crippen LogP contribution in [0.1, 0.15) is 35.2 Å². The molecular weight excluding hydrogens is 402 g/mol. The molecule has 2 heterocycles. The van der Waals surface area contributed by atoms with Gasteiger partial charge in [-0.15, -0.1) is 5.10 Å². The Morgan fingerprint density at radius 1 is 1.16 bits per heavy atom. The quantitative estimate of drug-likeness (QED) is 0.338. The van der Waals surface area contributed by atoms with Gasteiger partial charge in [-0.3, -0.25) is 5.41 Å². The largest absolute Gasteiger partial charge is 0.398 e. The summed E-state index contributed by atoms with van der Waals surface area (Å²) in [6, 6.07) is 18.9. The van der Waals surface area contributed by atoms with Crippen LogP contribution in [0.25, 0.3) is 11.0 Å². The van der Waals surface area contributed by atoms with Gasteiger partial charge in [-0.05, 0) is 42.3 Å². The third kappa shape index (κ3) is 3.26. The van der Waals surface area contributed by atoms with Gasteiger partial charge in [0, 0.05) is 29.5 Å². The van der Waals surface area contributed by atoms with Crippen LogP contribution in [-0.2, 0) is 13.6 Å². The Bertz CT molecular complexity index is 1360. The first-order valence-electron chi connectivity index (χ1n) is 10.4. The standard InChI is InChI=1S/C24H23N7O/c1-14(15-6-4-3-5-7-15)31-13-17-10-18(19(25)12-21(17)27-24(31)32)23(26)16-8-9-20-22(11-16)30(2)29-28-20/h3-12,14,26H,13,25H2,1-2H3,(H,27,32)/t14-/m1/s1. The molecule has 4 N–H and O–H groups in total. The Balaban J connectivity index is 1.49. The van der Waals surface area contributed by atoms with E-state index in [1.807, 2.05) is 68.6 Å². The van der Waals surface area contributed by atoms with E-state index in [2.05, 4.69) is 15.6 Å². The van der Waals surface area contributed by atoms with E-state index in [0.29, 0.717) is 29.2 Å². The zero-order valence-corrected chi connectivity index (χ0v) is 17.8. The third-order valence-electron chi connectivity index (χ3n) is 6.04. The summed E-state index contributed by atoms with van der Waals surface area (Å²) in [6.07, 6.45) is 0. The number of nitrogens with two attached hydrogens (primary N) is 1. The highest BCUT2D eigenvalue weighted by molar-refractivity contribution is 6.15. The summed E-state index contributed by atoms with van der Waals surface area (Å²) in [6.45, 7) is 2.44. The molecule has 0 saturated heterocycles. The zero-order chi connectivity index (χ0) is 22.4. The van der Waals surface area contributed by atoms with Crippen molar-refractivity contribution >= 4 is 34.2 Å². The molecule has 0 aliphatic carbocycles. The van der Waals surface area contributed by atoms with Gasteiger partial charge in [0.25, 0.3) is 0 Å². The smallest absolute Gasteiger partial charge is 0.322 e. The van der Waals surface area contributed by atoms with Crippen molar-refractivity contribution in [1.82, 2.24) is 19.9 Å². The second-order valence-electron chi connectivity index (χ2n) is 8.03. The lowest BCUT2D eigenvalue weighted by Gasteiger charge is -2.34. The van der Waals surface area contributed by atoms with Crippen LogP contribution < -0.4 is 11.1 Å².